The van der Waals surface area contributed by atoms with Gasteiger partial charge in [-0.05, 0) is 60.1 Å². The number of hydrogen-bond donors (Lipinski definition) is 1. The van der Waals surface area contributed by atoms with Crippen LogP contribution in [0.1, 0.15) is 21.3 Å². The molecule has 3 heterocycles. The molecule has 23 heavy (non-hydrogen) atoms. The van der Waals surface area contributed by atoms with Gasteiger partial charge < -0.3 is 14.8 Å². The molecule has 0 aliphatic heterocycles. The number of amides is 1. The van der Waals surface area contributed by atoms with Gasteiger partial charge in [-0.15, -0.1) is 11.3 Å². The van der Waals surface area contributed by atoms with Crippen LogP contribution in [0.15, 0.2) is 52.8 Å². The van der Waals surface area contributed by atoms with Gasteiger partial charge in [0.1, 0.15) is 4.88 Å². The van der Waals surface area contributed by atoms with E-state index in [1.807, 2.05) is 54.6 Å². The number of nitrogens with one attached hydrogen (secondary N) is 1. The van der Waals surface area contributed by atoms with Gasteiger partial charge >= 0.3 is 0 Å². The molecule has 4 nitrogen and oxygen atoms in total. The zero-order valence-corrected chi connectivity index (χ0v) is 14.7. The minimum atomic E-state index is -0.0224. The molecule has 120 valence electrons. The number of thiophene rings is 2. The quantitative estimate of drug-likeness (QED) is 0.741. The van der Waals surface area contributed by atoms with Gasteiger partial charge in [0.05, 0.1) is 11.7 Å². The minimum Gasteiger partial charge on any atom is -0.349 e. The Hall–Kier alpha value is -1.89. The molecule has 0 radical (unpaired) electrons. The van der Waals surface area contributed by atoms with Crippen molar-refractivity contribution in [3.8, 4) is 5.69 Å². The van der Waals surface area contributed by atoms with E-state index in [9.17, 15) is 4.79 Å². The van der Waals surface area contributed by atoms with Gasteiger partial charge in [0.2, 0.25) is 0 Å². The zero-order chi connectivity index (χ0) is 16.2. The number of rotatable bonds is 6. The van der Waals surface area contributed by atoms with Crippen LogP contribution < -0.4 is 5.32 Å². The largest absolute Gasteiger partial charge is 0.349 e. The molecular formula is C17H19N3OS2. The van der Waals surface area contributed by atoms with Crippen molar-refractivity contribution in [2.24, 2.45) is 0 Å². The Morgan fingerprint density at radius 3 is 2.70 bits per heavy atom. The smallest absolute Gasteiger partial charge is 0.263 e. The Labute approximate surface area is 144 Å². The van der Waals surface area contributed by atoms with E-state index in [4.69, 9.17) is 0 Å². The van der Waals surface area contributed by atoms with E-state index < -0.39 is 0 Å². The second-order valence-electron chi connectivity index (χ2n) is 5.47. The summed E-state index contributed by atoms with van der Waals surface area (Å²) in [5, 5.41) is 9.23. The van der Waals surface area contributed by atoms with Crippen LogP contribution >= 0.6 is 22.7 Å². The van der Waals surface area contributed by atoms with Crippen molar-refractivity contribution < 1.29 is 4.79 Å². The van der Waals surface area contributed by atoms with Crippen molar-refractivity contribution in [3.05, 3.63) is 63.2 Å². The lowest BCUT2D eigenvalue weighted by molar-refractivity contribution is 0.0946. The summed E-state index contributed by atoms with van der Waals surface area (Å²) in [6.07, 6.45) is 3.90. The summed E-state index contributed by atoms with van der Waals surface area (Å²) in [5.41, 5.74) is 2.16. The highest BCUT2D eigenvalue weighted by molar-refractivity contribution is 7.12. The molecule has 3 aromatic heterocycles. The Morgan fingerprint density at radius 1 is 1.26 bits per heavy atom. The maximum Gasteiger partial charge on any atom is 0.263 e. The molecule has 1 atom stereocenters. The topological polar surface area (TPSA) is 37.3 Å². The summed E-state index contributed by atoms with van der Waals surface area (Å²) < 4.78 is 1.97. The first kappa shape index (κ1) is 16.0. The van der Waals surface area contributed by atoms with Gasteiger partial charge in [0.15, 0.2) is 0 Å². The average Bonchev–Trinajstić information content (AvgIpc) is 3.27. The number of carbonyl (C=O) groups excluding carboxylic acids is 1. The Bertz CT molecular complexity index is 745. The maximum absolute atomic E-state index is 12.6. The highest BCUT2D eigenvalue weighted by Crippen LogP contribution is 2.23. The zero-order valence-electron chi connectivity index (χ0n) is 13.1. The molecule has 6 heteroatoms. The van der Waals surface area contributed by atoms with Crippen LogP contribution in [0.5, 0.6) is 0 Å². The SMILES string of the molecule is CN(C)C(CNC(=O)c1sccc1-n1cccc1)c1ccsc1. The Morgan fingerprint density at radius 2 is 2.04 bits per heavy atom. The molecule has 0 fully saturated rings. The average molecular weight is 345 g/mol. The molecule has 0 aliphatic rings. The highest BCUT2D eigenvalue weighted by Gasteiger charge is 2.18. The third kappa shape index (κ3) is 3.55. The standard InChI is InChI=1S/C17H19N3OS2/c1-19(2)15(13-5-9-22-12-13)11-18-17(21)16-14(6-10-23-16)20-7-3-4-8-20/h3-10,12,15H,11H2,1-2H3,(H,18,21). The first-order valence-electron chi connectivity index (χ1n) is 7.34. The predicted octanol–water partition coefficient (Wildman–Crippen LogP) is 3.63. The molecular weight excluding hydrogens is 326 g/mol. The predicted molar refractivity (Wildman–Crippen MR) is 96.7 cm³/mol. The summed E-state index contributed by atoms with van der Waals surface area (Å²) in [5.74, 6) is -0.0224. The van der Waals surface area contributed by atoms with Crippen LogP contribution in [0.25, 0.3) is 5.69 Å². The molecule has 1 N–H and O–H groups in total. The molecule has 3 aromatic rings. The van der Waals surface area contributed by atoms with Crippen molar-refractivity contribution in [2.75, 3.05) is 20.6 Å². The van der Waals surface area contributed by atoms with Crippen LogP contribution in [0, 0.1) is 0 Å². The van der Waals surface area contributed by atoms with Crippen molar-refractivity contribution >= 4 is 28.6 Å². The molecule has 0 aliphatic carbocycles. The molecule has 1 amide bonds. The molecule has 0 saturated heterocycles. The van der Waals surface area contributed by atoms with Gasteiger partial charge in [-0.3, -0.25) is 4.79 Å². The van der Waals surface area contributed by atoms with E-state index >= 15 is 0 Å². The summed E-state index contributed by atoms with van der Waals surface area (Å²) >= 11 is 3.15. The lowest BCUT2D eigenvalue weighted by Gasteiger charge is -2.24. The normalized spacial score (nSPS) is 12.5. The van der Waals surface area contributed by atoms with Crippen molar-refractivity contribution in [1.82, 2.24) is 14.8 Å². The van der Waals surface area contributed by atoms with Crippen LogP contribution in [0.2, 0.25) is 0 Å². The molecule has 0 aromatic carbocycles. The van der Waals surface area contributed by atoms with Crippen LogP contribution in [-0.4, -0.2) is 36.0 Å². The second kappa shape index (κ2) is 7.12. The summed E-state index contributed by atoms with van der Waals surface area (Å²) in [4.78, 5) is 15.5. The van der Waals surface area contributed by atoms with Crippen molar-refractivity contribution in [2.45, 2.75) is 6.04 Å². The van der Waals surface area contributed by atoms with Gasteiger partial charge in [-0.2, -0.15) is 11.3 Å². The fraction of sp³-hybridized carbons (Fsp3) is 0.235. The molecule has 0 bridgehead atoms. The van der Waals surface area contributed by atoms with Crippen LogP contribution in [0.4, 0.5) is 0 Å². The van der Waals surface area contributed by atoms with E-state index in [1.54, 1.807) is 11.3 Å². The van der Waals surface area contributed by atoms with E-state index in [0.717, 1.165) is 10.6 Å². The fourth-order valence-electron chi connectivity index (χ4n) is 2.50. The minimum absolute atomic E-state index is 0.0224. The summed E-state index contributed by atoms with van der Waals surface area (Å²) in [6, 6.07) is 8.18. The van der Waals surface area contributed by atoms with Crippen LogP contribution in [-0.2, 0) is 0 Å². The lowest BCUT2D eigenvalue weighted by atomic mass is 10.1. The van der Waals surface area contributed by atoms with Crippen molar-refractivity contribution in [3.63, 3.8) is 0 Å². The van der Waals surface area contributed by atoms with Crippen LogP contribution in [0.3, 0.4) is 0 Å². The third-order valence-electron chi connectivity index (χ3n) is 3.74. The lowest BCUT2D eigenvalue weighted by Crippen LogP contribution is -2.34. The number of likely N-dealkylation sites (N-methyl/N-ethyl adjacent to an activating group) is 1. The molecule has 0 spiro atoms. The van der Waals surface area contributed by atoms with E-state index in [0.29, 0.717) is 6.54 Å². The molecule has 3 rings (SSSR count). The van der Waals surface area contributed by atoms with Gasteiger partial charge in [-0.25, -0.2) is 0 Å². The van der Waals surface area contributed by atoms with Gasteiger partial charge in [0, 0.05) is 18.9 Å². The second-order valence-corrected chi connectivity index (χ2v) is 7.17. The summed E-state index contributed by atoms with van der Waals surface area (Å²) in [6.45, 7) is 0.589. The van der Waals surface area contributed by atoms with Crippen molar-refractivity contribution in [1.29, 1.82) is 0 Å². The Balaban J connectivity index is 1.72. The van der Waals surface area contributed by atoms with Gasteiger partial charge in [0.25, 0.3) is 5.91 Å². The first-order chi connectivity index (χ1) is 11.2. The van der Waals surface area contributed by atoms with E-state index in [-0.39, 0.29) is 11.9 Å². The van der Waals surface area contributed by atoms with E-state index in [1.165, 1.54) is 16.9 Å². The number of aromatic nitrogens is 1. The number of nitrogens with zero attached hydrogens (tertiary/aromatic N) is 2. The number of carbonyl (C=O) groups is 1. The first-order valence-corrected chi connectivity index (χ1v) is 9.16. The van der Waals surface area contributed by atoms with E-state index in [2.05, 4.69) is 27.0 Å². The Kier molecular flexibility index (Phi) is 4.95. The highest BCUT2D eigenvalue weighted by atomic mass is 32.1. The number of hydrogen-bond acceptors (Lipinski definition) is 4. The monoisotopic (exact) mass is 345 g/mol. The maximum atomic E-state index is 12.6. The third-order valence-corrected chi connectivity index (χ3v) is 5.34. The fourth-order valence-corrected chi connectivity index (χ4v) is 4.02. The summed E-state index contributed by atoms with van der Waals surface area (Å²) in [7, 11) is 4.07. The molecule has 1 unspecified atom stereocenters. The van der Waals surface area contributed by atoms with Gasteiger partial charge in [-0.1, -0.05) is 0 Å². The molecule has 0 saturated carbocycles.